The van der Waals surface area contributed by atoms with E-state index in [1.54, 1.807) is 11.9 Å². The number of rotatable bonds is 10. The first kappa shape index (κ1) is 29.9. The number of aromatic nitrogens is 5. The number of hydrogen-bond acceptors (Lipinski definition) is 7. The van der Waals surface area contributed by atoms with Crippen LogP contribution in [0.2, 0.25) is 0 Å². The molecule has 2 aliphatic rings. The average Bonchev–Trinajstić information content (AvgIpc) is 3.57. The summed E-state index contributed by atoms with van der Waals surface area (Å²) in [4.78, 5) is 12.0. The zero-order chi connectivity index (χ0) is 30.1. The van der Waals surface area contributed by atoms with E-state index in [0.29, 0.717) is 12.5 Å². The third-order valence-electron chi connectivity index (χ3n) is 7.95. The van der Waals surface area contributed by atoms with E-state index in [-0.39, 0.29) is 30.7 Å². The van der Waals surface area contributed by atoms with Gasteiger partial charge in [-0.1, -0.05) is 17.9 Å². The van der Waals surface area contributed by atoms with E-state index in [9.17, 15) is 26.3 Å². The van der Waals surface area contributed by atoms with Crippen molar-refractivity contribution in [2.24, 2.45) is 13.0 Å². The van der Waals surface area contributed by atoms with Crippen molar-refractivity contribution >= 4 is 17.5 Å². The Hall–Kier alpha value is -3.58. The zero-order valence-corrected chi connectivity index (χ0v) is 23.6. The number of tetrazole rings is 1. The summed E-state index contributed by atoms with van der Waals surface area (Å²) in [6.45, 7) is 5.15. The van der Waals surface area contributed by atoms with Gasteiger partial charge in [-0.15, -0.1) is 5.10 Å². The maximum atomic E-state index is 13.6. The zero-order valence-electron chi connectivity index (χ0n) is 23.6. The number of alkyl halides is 6. The number of nitrogens with zero attached hydrogens (tertiary/aromatic N) is 8. The van der Waals surface area contributed by atoms with Gasteiger partial charge in [-0.3, -0.25) is 0 Å². The fourth-order valence-electron chi connectivity index (χ4n) is 5.64. The Labute approximate surface area is 240 Å². The molecule has 5 rings (SSSR count). The lowest BCUT2D eigenvalue weighted by molar-refractivity contribution is -0.143. The second-order valence-corrected chi connectivity index (χ2v) is 11.1. The van der Waals surface area contributed by atoms with E-state index in [1.807, 2.05) is 19.2 Å². The summed E-state index contributed by atoms with van der Waals surface area (Å²) in [5.41, 5.74) is -1.20. The summed E-state index contributed by atoms with van der Waals surface area (Å²) in [6, 6.07) is 3.63. The normalized spacial score (nSPS) is 16.1. The molecule has 0 spiro atoms. The number of anilines is 3. The van der Waals surface area contributed by atoms with Gasteiger partial charge < -0.3 is 14.7 Å². The Morgan fingerprint density at radius 2 is 1.55 bits per heavy atom. The molecule has 3 heterocycles. The van der Waals surface area contributed by atoms with Crippen molar-refractivity contribution in [3.63, 3.8) is 0 Å². The van der Waals surface area contributed by atoms with Crippen molar-refractivity contribution in [2.75, 3.05) is 40.9 Å². The molecule has 2 fully saturated rings. The molecule has 0 bridgehead atoms. The Balaban J connectivity index is 1.54. The van der Waals surface area contributed by atoms with E-state index >= 15 is 0 Å². The van der Waals surface area contributed by atoms with Gasteiger partial charge in [0.15, 0.2) is 0 Å². The van der Waals surface area contributed by atoms with Crippen molar-refractivity contribution in [3.8, 4) is 0 Å². The molecule has 1 aliphatic carbocycles. The van der Waals surface area contributed by atoms with Crippen molar-refractivity contribution in [1.29, 1.82) is 0 Å². The van der Waals surface area contributed by atoms with E-state index in [4.69, 9.17) is 4.98 Å². The van der Waals surface area contributed by atoms with Crippen LogP contribution in [0.5, 0.6) is 0 Å². The first-order valence-electron chi connectivity index (χ1n) is 14.2. The molecule has 0 radical (unpaired) electrons. The molecule has 1 aliphatic heterocycles. The second-order valence-electron chi connectivity index (χ2n) is 11.1. The van der Waals surface area contributed by atoms with E-state index in [0.717, 1.165) is 68.1 Å². The molecule has 228 valence electrons. The van der Waals surface area contributed by atoms with Crippen LogP contribution in [-0.4, -0.2) is 51.4 Å². The minimum Gasteiger partial charge on any atom is -0.370 e. The van der Waals surface area contributed by atoms with Crippen LogP contribution in [0.15, 0.2) is 30.5 Å². The molecular formula is C28H34F6N8. The maximum Gasteiger partial charge on any atom is 0.416 e. The summed E-state index contributed by atoms with van der Waals surface area (Å²) in [7, 11) is 1.54. The molecule has 3 aromatic rings. The largest absolute Gasteiger partial charge is 0.416 e. The monoisotopic (exact) mass is 596 g/mol. The van der Waals surface area contributed by atoms with Gasteiger partial charge in [0.25, 0.3) is 5.95 Å². The Morgan fingerprint density at radius 3 is 2.07 bits per heavy atom. The molecule has 1 aromatic carbocycles. The highest BCUT2D eigenvalue weighted by Gasteiger charge is 2.37. The van der Waals surface area contributed by atoms with Crippen LogP contribution in [0.3, 0.4) is 0 Å². The first-order chi connectivity index (χ1) is 19.9. The van der Waals surface area contributed by atoms with Gasteiger partial charge >= 0.3 is 12.4 Å². The van der Waals surface area contributed by atoms with Gasteiger partial charge in [0.2, 0.25) is 0 Å². The standard InChI is InChI=1S/C28H34F6N8/c1-3-40(16-19-7-4-5-8-19)25-21(13-24(15-35-25)41-9-6-10-41)18-42(26-36-38-39(2)37-26)17-20-11-22(27(29,30)31)14-23(12-20)28(32,33)34/h11-15,19H,3-10,16-18H2,1-2H3. The lowest BCUT2D eigenvalue weighted by Gasteiger charge is -2.35. The van der Waals surface area contributed by atoms with Crippen LogP contribution in [0.1, 0.15) is 61.3 Å². The lowest BCUT2D eigenvalue weighted by Crippen LogP contribution is -2.37. The van der Waals surface area contributed by atoms with Gasteiger partial charge in [0, 0.05) is 38.3 Å². The van der Waals surface area contributed by atoms with Crippen molar-refractivity contribution < 1.29 is 26.3 Å². The lowest BCUT2D eigenvalue weighted by atomic mass is 10.0. The van der Waals surface area contributed by atoms with Gasteiger partial charge in [0.05, 0.1) is 36.6 Å². The molecule has 8 nitrogen and oxygen atoms in total. The summed E-state index contributed by atoms with van der Waals surface area (Å²) in [5, 5.41) is 12.2. The van der Waals surface area contributed by atoms with Gasteiger partial charge in [-0.2, -0.15) is 31.1 Å². The molecule has 1 saturated heterocycles. The first-order valence-corrected chi connectivity index (χ1v) is 14.2. The van der Waals surface area contributed by atoms with Crippen LogP contribution in [0, 0.1) is 5.92 Å². The molecular weight excluding hydrogens is 562 g/mol. The Bertz CT molecular complexity index is 1330. The molecule has 0 amide bonds. The van der Waals surface area contributed by atoms with Gasteiger partial charge in [-0.05, 0) is 67.1 Å². The van der Waals surface area contributed by atoms with Gasteiger partial charge in [0.1, 0.15) is 5.82 Å². The van der Waals surface area contributed by atoms with Crippen LogP contribution < -0.4 is 14.7 Å². The number of aryl methyl sites for hydroxylation is 1. The van der Waals surface area contributed by atoms with Crippen LogP contribution in [0.4, 0.5) is 43.8 Å². The minimum atomic E-state index is -4.95. The summed E-state index contributed by atoms with van der Waals surface area (Å²) in [5.74, 6) is 1.36. The molecule has 2 aromatic heterocycles. The Kier molecular flexibility index (Phi) is 8.51. The molecule has 0 unspecified atom stereocenters. The van der Waals surface area contributed by atoms with E-state index in [2.05, 4.69) is 25.2 Å². The predicted octanol–water partition coefficient (Wildman–Crippen LogP) is 6.08. The minimum absolute atomic E-state index is 0.0858. The quantitative estimate of drug-likeness (QED) is 0.263. The average molecular weight is 597 g/mol. The smallest absolute Gasteiger partial charge is 0.370 e. The van der Waals surface area contributed by atoms with Crippen molar-refractivity contribution in [1.82, 2.24) is 25.2 Å². The third kappa shape index (κ3) is 6.89. The third-order valence-corrected chi connectivity index (χ3v) is 7.95. The van der Waals surface area contributed by atoms with Gasteiger partial charge in [-0.25, -0.2) is 4.98 Å². The Morgan fingerprint density at radius 1 is 0.881 bits per heavy atom. The van der Waals surface area contributed by atoms with E-state index in [1.165, 1.54) is 17.6 Å². The van der Waals surface area contributed by atoms with E-state index < -0.39 is 23.5 Å². The number of hydrogen-bond donors (Lipinski definition) is 0. The molecule has 42 heavy (non-hydrogen) atoms. The maximum absolute atomic E-state index is 13.6. The fraction of sp³-hybridized carbons (Fsp3) is 0.571. The number of benzene rings is 1. The van der Waals surface area contributed by atoms with Crippen LogP contribution >= 0.6 is 0 Å². The predicted molar refractivity (Wildman–Crippen MR) is 146 cm³/mol. The number of pyridine rings is 1. The van der Waals surface area contributed by atoms with Crippen molar-refractivity contribution in [2.45, 2.75) is 64.5 Å². The fourth-order valence-corrected chi connectivity index (χ4v) is 5.64. The molecule has 0 N–H and O–H groups in total. The second kappa shape index (κ2) is 12.0. The summed E-state index contributed by atoms with van der Waals surface area (Å²) < 4.78 is 81.7. The highest BCUT2D eigenvalue weighted by molar-refractivity contribution is 5.58. The highest BCUT2D eigenvalue weighted by atomic mass is 19.4. The topological polar surface area (TPSA) is 66.2 Å². The van der Waals surface area contributed by atoms with Crippen LogP contribution in [0.25, 0.3) is 0 Å². The summed E-state index contributed by atoms with van der Waals surface area (Å²) in [6.07, 6.45) is -2.32. The highest BCUT2D eigenvalue weighted by Crippen LogP contribution is 2.37. The molecule has 1 saturated carbocycles. The molecule has 14 heteroatoms. The number of halogens is 6. The molecule has 0 atom stereocenters. The van der Waals surface area contributed by atoms with Crippen molar-refractivity contribution in [3.05, 3.63) is 52.7 Å². The SMILES string of the molecule is CCN(CC1CCCC1)c1ncc(N2CCC2)cc1CN(Cc1cc(C(F)(F)F)cc(C(F)(F)F)c1)c1nnn(C)n1. The summed E-state index contributed by atoms with van der Waals surface area (Å²) >= 11 is 0. The van der Waals surface area contributed by atoms with Crippen LogP contribution in [-0.2, 0) is 32.5 Å².